The largest absolute Gasteiger partial charge is 0.381 e. The lowest BCUT2D eigenvalue weighted by Crippen LogP contribution is -2.52. The zero-order valence-electron chi connectivity index (χ0n) is 11.5. The molecule has 0 saturated carbocycles. The summed E-state index contributed by atoms with van der Waals surface area (Å²) in [5.41, 5.74) is 0. The molecule has 1 amide bonds. The van der Waals surface area contributed by atoms with Crippen molar-refractivity contribution in [3.05, 3.63) is 0 Å². The Bertz CT molecular complexity index is 265. The third kappa shape index (κ3) is 3.45. The molecular formula is C14H26N2O2. The van der Waals surface area contributed by atoms with E-state index in [0.717, 1.165) is 25.9 Å². The average Bonchev–Trinajstić information content (AvgIpc) is 2.93. The first-order valence-corrected chi connectivity index (χ1v) is 7.43. The molecule has 0 aromatic carbocycles. The Balaban J connectivity index is 1.87. The highest BCUT2D eigenvalue weighted by Crippen LogP contribution is 2.24. The molecule has 0 radical (unpaired) electrons. The number of nitrogens with zero attached hydrogens (tertiary/aromatic N) is 1. The van der Waals surface area contributed by atoms with Crippen molar-refractivity contribution in [1.82, 2.24) is 10.2 Å². The predicted molar refractivity (Wildman–Crippen MR) is 71.5 cm³/mol. The minimum atomic E-state index is 0.279. The summed E-state index contributed by atoms with van der Waals surface area (Å²) in [6.45, 7) is 5.28. The van der Waals surface area contributed by atoms with E-state index in [9.17, 15) is 4.79 Å². The molecule has 0 aromatic rings. The number of hydrogen-bond acceptors (Lipinski definition) is 3. The van der Waals surface area contributed by atoms with Crippen LogP contribution in [0.25, 0.3) is 0 Å². The average molecular weight is 254 g/mol. The van der Waals surface area contributed by atoms with E-state index in [2.05, 4.69) is 10.2 Å². The van der Waals surface area contributed by atoms with Crippen molar-refractivity contribution in [2.24, 2.45) is 0 Å². The minimum absolute atomic E-state index is 0.279. The van der Waals surface area contributed by atoms with Gasteiger partial charge in [-0.3, -0.25) is 4.79 Å². The topological polar surface area (TPSA) is 41.6 Å². The van der Waals surface area contributed by atoms with E-state index in [0.29, 0.717) is 31.7 Å². The smallest absolute Gasteiger partial charge is 0.225 e. The molecule has 0 aromatic heterocycles. The predicted octanol–water partition coefficient (Wildman–Crippen LogP) is 1.55. The second kappa shape index (κ2) is 7.10. The van der Waals surface area contributed by atoms with Crippen molar-refractivity contribution in [2.45, 2.75) is 57.5 Å². The Morgan fingerprint density at radius 3 is 2.94 bits per heavy atom. The third-order valence-corrected chi connectivity index (χ3v) is 4.10. The number of likely N-dealkylation sites (tertiary alicyclic amines) is 1. The molecule has 4 nitrogen and oxygen atoms in total. The first-order valence-electron chi connectivity index (χ1n) is 7.43. The molecule has 1 N–H and O–H groups in total. The molecule has 104 valence electrons. The molecule has 2 atom stereocenters. The normalized spacial score (nSPS) is 28.6. The number of piperidine rings is 1. The Hall–Kier alpha value is -0.610. The van der Waals surface area contributed by atoms with Gasteiger partial charge in [-0.1, -0.05) is 0 Å². The summed E-state index contributed by atoms with van der Waals surface area (Å²) in [5.74, 6) is 0.279. The first-order chi connectivity index (χ1) is 8.83. The maximum Gasteiger partial charge on any atom is 0.225 e. The van der Waals surface area contributed by atoms with Crippen LogP contribution in [0.3, 0.4) is 0 Å². The number of amides is 1. The van der Waals surface area contributed by atoms with Crippen molar-refractivity contribution in [1.29, 1.82) is 0 Å². The van der Waals surface area contributed by atoms with Crippen LogP contribution in [0.5, 0.6) is 0 Å². The maximum absolute atomic E-state index is 12.3. The van der Waals surface area contributed by atoms with E-state index >= 15 is 0 Å². The fourth-order valence-electron chi connectivity index (χ4n) is 3.17. The van der Waals surface area contributed by atoms with E-state index in [1.54, 1.807) is 0 Å². The summed E-state index contributed by atoms with van der Waals surface area (Å²) in [4.78, 5) is 14.4. The van der Waals surface area contributed by atoms with Gasteiger partial charge in [0.05, 0.1) is 13.0 Å². The number of ether oxygens (including phenoxy) is 1. The quantitative estimate of drug-likeness (QED) is 0.757. The van der Waals surface area contributed by atoms with Gasteiger partial charge in [0.1, 0.15) is 0 Å². The first kappa shape index (κ1) is 13.8. The van der Waals surface area contributed by atoms with Gasteiger partial charge in [-0.2, -0.15) is 0 Å². The Morgan fingerprint density at radius 2 is 2.22 bits per heavy atom. The second-order valence-electron chi connectivity index (χ2n) is 5.30. The molecule has 2 rings (SSSR count). The van der Waals surface area contributed by atoms with Gasteiger partial charge in [0, 0.05) is 25.2 Å². The second-order valence-corrected chi connectivity index (χ2v) is 5.30. The Kier molecular flexibility index (Phi) is 5.45. The lowest BCUT2D eigenvalue weighted by atomic mass is 9.94. The van der Waals surface area contributed by atoms with Gasteiger partial charge in [0.2, 0.25) is 5.91 Å². The van der Waals surface area contributed by atoms with Crippen molar-refractivity contribution >= 4 is 5.91 Å². The lowest BCUT2D eigenvalue weighted by molar-refractivity contribution is -0.136. The van der Waals surface area contributed by atoms with Crippen LogP contribution in [-0.2, 0) is 9.53 Å². The molecule has 0 aliphatic carbocycles. The highest BCUT2D eigenvalue weighted by atomic mass is 16.5. The van der Waals surface area contributed by atoms with Gasteiger partial charge >= 0.3 is 0 Å². The molecule has 0 spiro atoms. The van der Waals surface area contributed by atoms with Crippen LogP contribution < -0.4 is 5.32 Å². The van der Waals surface area contributed by atoms with Crippen molar-refractivity contribution in [3.63, 3.8) is 0 Å². The molecule has 2 fully saturated rings. The van der Waals surface area contributed by atoms with Crippen molar-refractivity contribution < 1.29 is 9.53 Å². The Labute approximate surface area is 110 Å². The molecular weight excluding hydrogens is 228 g/mol. The SMILES string of the molecule is CCOCCC(=O)N1CCCCC1C1CCCN1. The number of hydrogen-bond donors (Lipinski definition) is 1. The molecule has 4 heteroatoms. The number of carbonyl (C=O) groups excluding carboxylic acids is 1. The van der Waals surface area contributed by atoms with E-state index in [4.69, 9.17) is 4.74 Å². The maximum atomic E-state index is 12.3. The third-order valence-electron chi connectivity index (χ3n) is 4.10. The van der Waals surface area contributed by atoms with E-state index in [1.807, 2.05) is 6.92 Å². The molecule has 18 heavy (non-hydrogen) atoms. The number of carbonyl (C=O) groups is 1. The van der Waals surface area contributed by atoms with E-state index in [-0.39, 0.29) is 5.91 Å². The summed E-state index contributed by atoms with van der Waals surface area (Å²) in [7, 11) is 0. The summed E-state index contributed by atoms with van der Waals surface area (Å²) in [5, 5.41) is 3.55. The zero-order valence-corrected chi connectivity index (χ0v) is 11.5. The van der Waals surface area contributed by atoms with Gasteiger partial charge < -0.3 is 15.0 Å². The highest BCUT2D eigenvalue weighted by molar-refractivity contribution is 5.76. The van der Waals surface area contributed by atoms with Crippen LogP contribution in [0.15, 0.2) is 0 Å². The summed E-state index contributed by atoms with van der Waals surface area (Å²) in [6, 6.07) is 0.955. The van der Waals surface area contributed by atoms with Gasteiger partial charge in [-0.05, 0) is 45.6 Å². The minimum Gasteiger partial charge on any atom is -0.381 e. The monoisotopic (exact) mass is 254 g/mol. The van der Waals surface area contributed by atoms with Gasteiger partial charge in [0.25, 0.3) is 0 Å². The van der Waals surface area contributed by atoms with Crippen molar-refractivity contribution in [3.8, 4) is 0 Å². The van der Waals surface area contributed by atoms with Crippen LogP contribution in [-0.4, -0.2) is 49.2 Å². The highest BCUT2D eigenvalue weighted by Gasteiger charge is 2.33. The van der Waals surface area contributed by atoms with Crippen LogP contribution in [0.4, 0.5) is 0 Å². The van der Waals surface area contributed by atoms with Gasteiger partial charge in [0.15, 0.2) is 0 Å². The lowest BCUT2D eigenvalue weighted by Gasteiger charge is -2.39. The summed E-state index contributed by atoms with van der Waals surface area (Å²) < 4.78 is 5.29. The van der Waals surface area contributed by atoms with Gasteiger partial charge in [-0.15, -0.1) is 0 Å². The van der Waals surface area contributed by atoms with Crippen molar-refractivity contribution in [2.75, 3.05) is 26.3 Å². The molecule has 2 heterocycles. The molecule has 2 aliphatic rings. The van der Waals surface area contributed by atoms with Crippen LogP contribution in [0.1, 0.15) is 45.4 Å². The number of nitrogens with one attached hydrogen (secondary N) is 1. The summed E-state index contributed by atoms with van der Waals surface area (Å²) in [6.07, 6.45) is 6.60. The molecule has 2 aliphatic heterocycles. The standard InChI is InChI=1S/C14H26N2O2/c1-2-18-11-8-14(17)16-10-4-3-7-13(16)12-6-5-9-15-12/h12-13,15H,2-11H2,1H3. The van der Waals surface area contributed by atoms with Crippen LogP contribution in [0, 0.1) is 0 Å². The van der Waals surface area contributed by atoms with Crippen LogP contribution in [0.2, 0.25) is 0 Å². The molecule has 0 bridgehead atoms. The molecule has 2 saturated heterocycles. The Morgan fingerprint density at radius 1 is 1.33 bits per heavy atom. The zero-order chi connectivity index (χ0) is 12.8. The summed E-state index contributed by atoms with van der Waals surface area (Å²) >= 11 is 0. The van der Waals surface area contributed by atoms with Crippen LogP contribution >= 0.6 is 0 Å². The molecule has 2 unspecified atom stereocenters. The fraction of sp³-hybridized carbons (Fsp3) is 0.929. The number of rotatable bonds is 5. The van der Waals surface area contributed by atoms with E-state index < -0.39 is 0 Å². The van der Waals surface area contributed by atoms with E-state index in [1.165, 1.54) is 19.3 Å². The van der Waals surface area contributed by atoms with Gasteiger partial charge in [-0.25, -0.2) is 0 Å². The fourth-order valence-corrected chi connectivity index (χ4v) is 3.17.